The zero-order chi connectivity index (χ0) is 11.1. The molecule has 2 saturated carbocycles. The van der Waals surface area contributed by atoms with Crippen LogP contribution in [0.25, 0.3) is 0 Å². The second-order valence-corrected chi connectivity index (χ2v) is 5.27. The van der Waals surface area contributed by atoms with E-state index in [1.54, 1.807) is 0 Å². The number of pyridine rings is 1. The van der Waals surface area contributed by atoms with Gasteiger partial charge in [-0.3, -0.25) is 0 Å². The molecule has 0 atom stereocenters. The van der Waals surface area contributed by atoms with E-state index < -0.39 is 0 Å². The summed E-state index contributed by atoms with van der Waals surface area (Å²) in [5, 5.41) is 3.58. The highest BCUT2D eigenvalue weighted by atomic mass is 15.0. The van der Waals surface area contributed by atoms with Crippen molar-refractivity contribution in [2.45, 2.75) is 38.6 Å². The first kappa shape index (κ1) is 9.94. The van der Waals surface area contributed by atoms with Crippen LogP contribution >= 0.6 is 0 Å². The summed E-state index contributed by atoms with van der Waals surface area (Å²) in [6.07, 6.45) is 7.39. The molecule has 0 spiro atoms. The third-order valence-electron chi connectivity index (χ3n) is 3.72. The van der Waals surface area contributed by atoms with Crippen molar-refractivity contribution < 1.29 is 0 Å². The molecule has 16 heavy (non-hydrogen) atoms. The van der Waals surface area contributed by atoms with Crippen molar-refractivity contribution in [2.24, 2.45) is 11.8 Å². The maximum absolute atomic E-state index is 5.90. The Morgan fingerprint density at radius 1 is 1.31 bits per heavy atom. The Labute approximate surface area is 96.4 Å². The molecule has 86 valence electrons. The van der Waals surface area contributed by atoms with Gasteiger partial charge in [0, 0.05) is 24.0 Å². The highest BCUT2D eigenvalue weighted by molar-refractivity contribution is 5.54. The lowest BCUT2D eigenvalue weighted by atomic mass is 10.1. The molecule has 3 rings (SSSR count). The number of nitrogens with two attached hydrogens (primary N) is 1. The lowest BCUT2D eigenvalue weighted by molar-refractivity contribution is 0.566. The van der Waals surface area contributed by atoms with Crippen molar-refractivity contribution >= 4 is 11.5 Å². The summed E-state index contributed by atoms with van der Waals surface area (Å²) in [6.45, 7) is 1.99. The molecule has 2 fully saturated rings. The van der Waals surface area contributed by atoms with Gasteiger partial charge >= 0.3 is 0 Å². The van der Waals surface area contributed by atoms with Gasteiger partial charge in [-0.1, -0.05) is 0 Å². The molecular formula is C13H19N3. The summed E-state index contributed by atoms with van der Waals surface area (Å²) in [6, 6.07) is 2.61. The second-order valence-electron chi connectivity index (χ2n) is 5.27. The minimum atomic E-state index is 0.648. The SMILES string of the molecule is Cc1cnc(NC(C2CC2)C2CC2)cc1N. The van der Waals surface area contributed by atoms with Gasteiger partial charge in [0.05, 0.1) is 0 Å². The van der Waals surface area contributed by atoms with Gasteiger partial charge in [-0.05, 0) is 50.0 Å². The fourth-order valence-corrected chi connectivity index (χ4v) is 2.32. The zero-order valence-electron chi connectivity index (χ0n) is 9.74. The number of nitrogen functional groups attached to an aromatic ring is 1. The molecular weight excluding hydrogens is 198 g/mol. The van der Waals surface area contributed by atoms with E-state index in [-0.39, 0.29) is 0 Å². The van der Waals surface area contributed by atoms with E-state index >= 15 is 0 Å². The minimum Gasteiger partial charge on any atom is -0.398 e. The van der Waals surface area contributed by atoms with Crippen LogP contribution in [0, 0.1) is 18.8 Å². The highest BCUT2D eigenvalue weighted by Gasteiger charge is 2.41. The van der Waals surface area contributed by atoms with Crippen LogP contribution in [0.1, 0.15) is 31.2 Å². The Morgan fingerprint density at radius 3 is 2.44 bits per heavy atom. The molecule has 3 nitrogen and oxygen atoms in total. The van der Waals surface area contributed by atoms with E-state index in [4.69, 9.17) is 5.73 Å². The van der Waals surface area contributed by atoms with Crippen molar-refractivity contribution in [3.63, 3.8) is 0 Å². The van der Waals surface area contributed by atoms with Crippen LogP contribution in [0.2, 0.25) is 0 Å². The van der Waals surface area contributed by atoms with Crippen LogP contribution in [0.15, 0.2) is 12.3 Å². The molecule has 0 saturated heterocycles. The van der Waals surface area contributed by atoms with Crippen molar-refractivity contribution in [2.75, 3.05) is 11.1 Å². The standard InChI is InChI=1S/C13H19N3/c1-8-7-15-12(6-11(8)14)16-13(9-2-3-9)10-4-5-10/h6-7,9-10,13H,2-5H2,1H3,(H3,14,15,16). The number of hydrogen-bond donors (Lipinski definition) is 2. The monoisotopic (exact) mass is 217 g/mol. The van der Waals surface area contributed by atoms with E-state index in [0.717, 1.165) is 28.9 Å². The van der Waals surface area contributed by atoms with E-state index in [0.29, 0.717) is 6.04 Å². The third kappa shape index (κ3) is 1.99. The average Bonchev–Trinajstić information content (AvgIpc) is 3.14. The summed E-state index contributed by atoms with van der Waals surface area (Å²) in [4.78, 5) is 4.41. The summed E-state index contributed by atoms with van der Waals surface area (Å²) in [7, 11) is 0. The molecule has 0 aliphatic heterocycles. The number of anilines is 2. The van der Waals surface area contributed by atoms with Crippen molar-refractivity contribution in [1.82, 2.24) is 4.98 Å². The number of aryl methyl sites for hydroxylation is 1. The smallest absolute Gasteiger partial charge is 0.128 e. The molecule has 3 N–H and O–H groups in total. The summed E-state index contributed by atoms with van der Waals surface area (Å²) < 4.78 is 0. The number of aromatic nitrogens is 1. The number of nitrogens with zero attached hydrogens (tertiary/aromatic N) is 1. The fraction of sp³-hybridized carbons (Fsp3) is 0.615. The van der Waals surface area contributed by atoms with Crippen LogP contribution in [0.4, 0.5) is 11.5 Å². The Hall–Kier alpha value is -1.25. The summed E-state index contributed by atoms with van der Waals surface area (Å²) in [5.74, 6) is 2.72. The largest absolute Gasteiger partial charge is 0.398 e. The molecule has 1 heterocycles. The first-order valence-electron chi connectivity index (χ1n) is 6.22. The first-order valence-corrected chi connectivity index (χ1v) is 6.22. The maximum atomic E-state index is 5.90. The van der Waals surface area contributed by atoms with Gasteiger partial charge in [0.25, 0.3) is 0 Å². The molecule has 2 aliphatic carbocycles. The van der Waals surface area contributed by atoms with Crippen molar-refractivity contribution in [3.05, 3.63) is 17.8 Å². The van der Waals surface area contributed by atoms with Crippen molar-refractivity contribution in [3.8, 4) is 0 Å². The van der Waals surface area contributed by atoms with E-state index in [1.165, 1.54) is 25.7 Å². The molecule has 1 aromatic rings. The van der Waals surface area contributed by atoms with Gasteiger partial charge < -0.3 is 11.1 Å². The molecule has 0 unspecified atom stereocenters. The average molecular weight is 217 g/mol. The van der Waals surface area contributed by atoms with Gasteiger partial charge in [-0.15, -0.1) is 0 Å². The van der Waals surface area contributed by atoms with Gasteiger partial charge in [-0.2, -0.15) is 0 Å². The Morgan fingerprint density at radius 2 is 1.94 bits per heavy atom. The zero-order valence-corrected chi connectivity index (χ0v) is 9.74. The quantitative estimate of drug-likeness (QED) is 0.815. The Bertz CT molecular complexity index is 382. The molecule has 2 aliphatic rings. The van der Waals surface area contributed by atoms with E-state index in [2.05, 4.69) is 10.3 Å². The van der Waals surface area contributed by atoms with Gasteiger partial charge in [0.15, 0.2) is 0 Å². The van der Waals surface area contributed by atoms with Crippen LogP contribution in [0.3, 0.4) is 0 Å². The fourth-order valence-electron chi connectivity index (χ4n) is 2.32. The predicted octanol–water partition coefficient (Wildman–Crippen LogP) is 2.57. The predicted molar refractivity (Wildman–Crippen MR) is 66.2 cm³/mol. The molecule has 1 aromatic heterocycles. The molecule has 0 aromatic carbocycles. The molecule has 3 heteroatoms. The van der Waals surface area contributed by atoms with Crippen LogP contribution in [-0.2, 0) is 0 Å². The van der Waals surface area contributed by atoms with Gasteiger partial charge in [0.1, 0.15) is 5.82 Å². The lowest BCUT2D eigenvalue weighted by Gasteiger charge is -2.18. The number of rotatable bonds is 4. The van der Waals surface area contributed by atoms with E-state index in [9.17, 15) is 0 Å². The molecule has 0 amide bonds. The van der Waals surface area contributed by atoms with Crippen LogP contribution in [-0.4, -0.2) is 11.0 Å². The second kappa shape index (κ2) is 3.65. The van der Waals surface area contributed by atoms with Gasteiger partial charge in [0.2, 0.25) is 0 Å². The topological polar surface area (TPSA) is 50.9 Å². The first-order chi connectivity index (χ1) is 7.74. The van der Waals surface area contributed by atoms with Crippen molar-refractivity contribution in [1.29, 1.82) is 0 Å². The third-order valence-corrected chi connectivity index (χ3v) is 3.72. The highest BCUT2D eigenvalue weighted by Crippen LogP contribution is 2.45. The van der Waals surface area contributed by atoms with E-state index in [1.807, 2.05) is 19.2 Å². The minimum absolute atomic E-state index is 0.648. The summed E-state index contributed by atoms with van der Waals surface area (Å²) >= 11 is 0. The van der Waals surface area contributed by atoms with Crippen LogP contribution in [0.5, 0.6) is 0 Å². The Kier molecular flexibility index (Phi) is 2.27. The number of nitrogens with one attached hydrogen (secondary N) is 1. The van der Waals surface area contributed by atoms with Crippen LogP contribution < -0.4 is 11.1 Å². The van der Waals surface area contributed by atoms with Gasteiger partial charge in [-0.25, -0.2) is 4.98 Å². The normalized spacial score (nSPS) is 20.1. The Balaban J connectivity index is 1.73. The maximum Gasteiger partial charge on any atom is 0.128 e. The molecule has 0 bridgehead atoms. The number of hydrogen-bond acceptors (Lipinski definition) is 3. The summed E-state index contributed by atoms with van der Waals surface area (Å²) in [5.41, 5.74) is 7.79. The lowest BCUT2D eigenvalue weighted by Crippen LogP contribution is -2.24. The molecule has 0 radical (unpaired) electrons.